The molecule has 0 radical (unpaired) electrons. The van der Waals surface area contributed by atoms with Crippen LogP contribution in [0.25, 0.3) is 0 Å². The van der Waals surface area contributed by atoms with E-state index in [2.05, 4.69) is 0 Å². The van der Waals surface area contributed by atoms with E-state index < -0.39 is 38.0 Å². The zero-order valence-electron chi connectivity index (χ0n) is 10.1. The first-order valence-corrected chi connectivity index (χ1v) is 7.60. The number of aromatic hydroxyl groups is 1. The zero-order valence-corrected chi connectivity index (χ0v) is 12.4. The van der Waals surface area contributed by atoms with E-state index in [1.54, 1.807) is 0 Å². The van der Waals surface area contributed by atoms with E-state index in [0.29, 0.717) is 6.07 Å². The van der Waals surface area contributed by atoms with E-state index in [1.807, 2.05) is 4.72 Å². The lowest BCUT2D eigenvalue weighted by Crippen LogP contribution is -2.14. The molecule has 0 aromatic heterocycles. The molecule has 2 rings (SSSR count). The van der Waals surface area contributed by atoms with Gasteiger partial charge in [0.15, 0.2) is 5.75 Å². The third-order valence-electron chi connectivity index (χ3n) is 2.46. The fraction of sp³-hybridized carbons (Fsp3) is 0. The smallest absolute Gasteiger partial charge is 0.265 e. The molecule has 0 heterocycles. The number of sulfonamides is 1. The fourth-order valence-corrected chi connectivity index (χ4v) is 3.34. The highest BCUT2D eigenvalue weighted by molar-refractivity contribution is 7.92. The van der Waals surface area contributed by atoms with Crippen molar-refractivity contribution in [3.63, 3.8) is 0 Å². The first kappa shape index (κ1) is 15.8. The molecule has 0 saturated carbocycles. The van der Waals surface area contributed by atoms with E-state index in [1.165, 1.54) is 0 Å². The molecular formula is C12H7Cl2F2NO3S. The Bertz CT molecular complexity index is 812. The number of rotatable bonds is 3. The topological polar surface area (TPSA) is 66.4 Å². The Hall–Kier alpha value is -1.57. The van der Waals surface area contributed by atoms with Gasteiger partial charge in [-0.1, -0.05) is 23.2 Å². The van der Waals surface area contributed by atoms with Gasteiger partial charge in [-0.2, -0.15) is 0 Å². The molecule has 0 saturated heterocycles. The Morgan fingerprint density at radius 2 is 1.76 bits per heavy atom. The van der Waals surface area contributed by atoms with Crippen LogP contribution in [0.15, 0.2) is 35.2 Å². The number of benzene rings is 2. The largest absolute Gasteiger partial charge is 0.505 e. The summed E-state index contributed by atoms with van der Waals surface area (Å²) in [5, 5.41) is 9.35. The molecule has 9 heteroatoms. The van der Waals surface area contributed by atoms with Crippen LogP contribution in [0.2, 0.25) is 10.0 Å². The number of hydrogen-bond acceptors (Lipinski definition) is 3. The number of hydrogen-bond donors (Lipinski definition) is 2. The third kappa shape index (κ3) is 3.37. The van der Waals surface area contributed by atoms with Crippen LogP contribution in [0.4, 0.5) is 14.5 Å². The Morgan fingerprint density at radius 3 is 2.43 bits per heavy atom. The van der Waals surface area contributed by atoms with Crippen LogP contribution >= 0.6 is 23.2 Å². The van der Waals surface area contributed by atoms with Crippen LogP contribution in [-0.4, -0.2) is 13.5 Å². The Labute approximate surface area is 129 Å². The highest BCUT2D eigenvalue weighted by atomic mass is 35.5. The molecule has 112 valence electrons. The number of anilines is 1. The summed E-state index contributed by atoms with van der Waals surface area (Å²) in [4.78, 5) is -0.649. The van der Waals surface area contributed by atoms with E-state index in [-0.39, 0.29) is 10.0 Å². The summed E-state index contributed by atoms with van der Waals surface area (Å²) in [6.07, 6.45) is 0. The summed E-state index contributed by atoms with van der Waals surface area (Å²) in [6, 6.07) is 4.33. The van der Waals surface area contributed by atoms with Gasteiger partial charge in [-0.15, -0.1) is 0 Å². The summed E-state index contributed by atoms with van der Waals surface area (Å²) in [6.45, 7) is 0. The quantitative estimate of drug-likeness (QED) is 0.882. The molecule has 0 aliphatic carbocycles. The van der Waals surface area contributed by atoms with Gasteiger partial charge in [0.2, 0.25) is 0 Å². The van der Waals surface area contributed by atoms with Crippen LogP contribution < -0.4 is 4.72 Å². The molecule has 0 aliphatic rings. The van der Waals surface area contributed by atoms with Crippen LogP contribution in [0, 0.1) is 11.6 Å². The van der Waals surface area contributed by atoms with Crippen molar-refractivity contribution in [1.29, 1.82) is 0 Å². The van der Waals surface area contributed by atoms with Crippen molar-refractivity contribution < 1.29 is 22.3 Å². The van der Waals surface area contributed by atoms with Gasteiger partial charge >= 0.3 is 0 Å². The van der Waals surface area contributed by atoms with Crippen LogP contribution in [0.5, 0.6) is 5.75 Å². The van der Waals surface area contributed by atoms with E-state index >= 15 is 0 Å². The predicted octanol–water partition coefficient (Wildman–Crippen LogP) is 3.78. The minimum atomic E-state index is -4.40. The summed E-state index contributed by atoms with van der Waals surface area (Å²) >= 11 is 11.3. The van der Waals surface area contributed by atoms with Crippen molar-refractivity contribution in [3.05, 3.63) is 52.0 Å². The molecule has 0 fully saturated rings. The molecule has 2 aromatic carbocycles. The molecule has 2 aromatic rings. The normalized spacial score (nSPS) is 11.4. The van der Waals surface area contributed by atoms with Crippen LogP contribution in [-0.2, 0) is 10.0 Å². The lowest BCUT2D eigenvalue weighted by molar-refractivity contribution is 0.459. The Balaban J connectivity index is 2.51. The predicted molar refractivity (Wildman–Crippen MR) is 75.3 cm³/mol. The summed E-state index contributed by atoms with van der Waals surface area (Å²) < 4.78 is 52.6. The van der Waals surface area contributed by atoms with Gasteiger partial charge in [0.05, 0.1) is 10.7 Å². The summed E-state index contributed by atoms with van der Waals surface area (Å²) in [5.41, 5.74) is -0.606. The minimum Gasteiger partial charge on any atom is -0.505 e. The van der Waals surface area contributed by atoms with Crippen molar-refractivity contribution in [2.45, 2.75) is 4.90 Å². The maximum absolute atomic E-state index is 13.5. The van der Waals surface area contributed by atoms with Gasteiger partial charge < -0.3 is 5.11 Å². The number of phenols is 1. The molecule has 0 atom stereocenters. The summed E-state index contributed by atoms with van der Waals surface area (Å²) in [7, 11) is -4.40. The molecule has 0 bridgehead atoms. The first-order chi connectivity index (χ1) is 9.70. The van der Waals surface area contributed by atoms with Crippen molar-refractivity contribution in [1.82, 2.24) is 0 Å². The number of phenolic OH excluding ortho intramolecular Hbond substituents is 1. The average molecular weight is 354 g/mol. The fourth-order valence-electron chi connectivity index (χ4n) is 1.52. The molecule has 0 unspecified atom stereocenters. The monoisotopic (exact) mass is 353 g/mol. The van der Waals surface area contributed by atoms with Gasteiger partial charge in [-0.25, -0.2) is 17.2 Å². The third-order valence-corrected chi connectivity index (χ3v) is 4.34. The standard InChI is InChI=1S/C12H7Cl2F2NO3S/c13-6-3-8(14)12(18)11(4-6)21(19,20)17-10-5-7(15)1-2-9(10)16/h1-5,17-18H. The second-order valence-electron chi connectivity index (χ2n) is 3.96. The summed E-state index contributed by atoms with van der Waals surface area (Å²) in [5.74, 6) is -2.56. The highest BCUT2D eigenvalue weighted by Crippen LogP contribution is 2.35. The van der Waals surface area contributed by atoms with E-state index in [4.69, 9.17) is 23.2 Å². The minimum absolute atomic E-state index is 0.0436. The molecule has 4 nitrogen and oxygen atoms in total. The SMILES string of the molecule is O=S(=O)(Nc1cc(F)ccc1F)c1cc(Cl)cc(Cl)c1O. The van der Waals surface area contributed by atoms with Crippen molar-refractivity contribution in [2.75, 3.05) is 4.72 Å². The molecular weight excluding hydrogens is 347 g/mol. The van der Waals surface area contributed by atoms with Gasteiger partial charge in [-0.05, 0) is 24.3 Å². The number of nitrogens with one attached hydrogen (secondary N) is 1. The Morgan fingerprint density at radius 1 is 1.10 bits per heavy atom. The van der Waals surface area contributed by atoms with Gasteiger partial charge in [0.1, 0.15) is 16.5 Å². The molecule has 0 aliphatic heterocycles. The zero-order chi connectivity index (χ0) is 15.8. The van der Waals surface area contributed by atoms with E-state index in [0.717, 1.165) is 24.3 Å². The highest BCUT2D eigenvalue weighted by Gasteiger charge is 2.23. The molecule has 0 spiro atoms. The van der Waals surface area contributed by atoms with Gasteiger partial charge in [-0.3, -0.25) is 4.72 Å². The first-order valence-electron chi connectivity index (χ1n) is 5.36. The molecule has 21 heavy (non-hydrogen) atoms. The second-order valence-corrected chi connectivity index (χ2v) is 6.46. The van der Waals surface area contributed by atoms with E-state index in [9.17, 15) is 22.3 Å². The second kappa shape index (κ2) is 5.67. The van der Waals surface area contributed by atoms with Crippen LogP contribution in [0.3, 0.4) is 0 Å². The average Bonchev–Trinajstić information content (AvgIpc) is 2.37. The van der Waals surface area contributed by atoms with Crippen LogP contribution in [0.1, 0.15) is 0 Å². The van der Waals surface area contributed by atoms with Crippen molar-refractivity contribution >= 4 is 38.9 Å². The molecule has 0 amide bonds. The van der Waals surface area contributed by atoms with Gasteiger partial charge in [0.25, 0.3) is 10.0 Å². The number of halogens is 4. The Kier molecular flexibility index (Phi) is 4.27. The van der Waals surface area contributed by atoms with Gasteiger partial charge in [0, 0.05) is 11.1 Å². The lowest BCUT2D eigenvalue weighted by Gasteiger charge is -2.11. The lowest BCUT2D eigenvalue weighted by atomic mass is 10.3. The maximum Gasteiger partial charge on any atom is 0.265 e. The molecule has 2 N–H and O–H groups in total. The van der Waals surface area contributed by atoms with Crippen molar-refractivity contribution in [2.24, 2.45) is 0 Å². The maximum atomic E-state index is 13.5. The van der Waals surface area contributed by atoms with Crippen molar-refractivity contribution in [3.8, 4) is 5.75 Å².